The van der Waals surface area contributed by atoms with Crippen LogP contribution in [0.4, 0.5) is 22.7 Å². The van der Waals surface area contributed by atoms with Crippen molar-refractivity contribution < 1.29 is 10.0 Å². The first-order valence-electron chi connectivity index (χ1n) is 7.73. The van der Waals surface area contributed by atoms with Gasteiger partial charge in [0.2, 0.25) is 0 Å². The van der Waals surface area contributed by atoms with E-state index in [-0.39, 0.29) is 28.4 Å². The molecule has 0 spiro atoms. The van der Waals surface area contributed by atoms with E-state index in [0.29, 0.717) is 11.3 Å². The second kappa shape index (κ2) is 7.77. The Kier molecular flexibility index (Phi) is 5.06. The van der Waals surface area contributed by atoms with Crippen LogP contribution in [0.1, 0.15) is 0 Å². The van der Waals surface area contributed by atoms with Crippen molar-refractivity contribution in [2.75, 3.05) is 0 Å². The Morgan fingerprint density at radius 3 is 2.44 bits per heavy atom. The molecule has 3 aromatic rings. The highest BCUT2D eigenvalue weighted by molar-refractivity contribution is 5.86. The summed E-state index contributed by atoms with van der Waals surface area (Å²) in [5.41, 5.74) is 10.2. The Bertz CT molecular complexity index is 1080. The predicted molar refractivity (Wildman–Crippen MR) is 99.6 cm³/mol. The summed E-state index contributed by atoms with van der Waals surface area (Å²) in [6.45, 7) is 0. The molecular formula is C18H12N6O3. The summed E-state index contributed by atoms with van der Waals surface area (Å²) in [5, 5.41) is 33.1. The summed E-state index contributed by atoms with van der Waals surface area (Å²) in [7, 11) is 0. The van der Waals surface area contributed by atoms with Crippen LogP contribution < -0.4 is 0 Å². The minimum Gasteiger partial charge on any atom is -0.507 e. The third kappa shape index (κ3) is 3.89. The Morgan fingerprint density at radius 2 is 1.74 bits per heavy atom. The summed E-state index contributed by atoms with van der Waals surface area (Å²) in [6.07, 6.45) is 0. The lowest BCUT2D eigenvalue weighted by Crippen LogP contribution is -1.89. The maximum absolute atomic E-state index is 11.0. The standard InChI is InChI=1S/C18H12N6O3/c19-23-22-18-14(15-11-13(24(26)27)9-10-17(15)25)7-4-8-16(18)21-20-12-5-2-1-3-6-12/h1-11,25H. The number of non-ortho nitro benzene ring substituents is 1. The molecule has 0 aromatic heterocycles. The van der Waals surface area contributed by atoms with Crippen molar-refractivity contribution in [3.63, 3.8) is 0 Å². The van der Waals surface area contributed by atoms with Crippen LogP contribution in [0.2, 0.25) is 0 Å². The molecule has 0 amide bonds. The van der Waals surface area contributed by atoms with Crippen LogP contribution >= 0.6 is 0 Å². The number of rotatable bonds is 5. The lowest BCUT2D eigenvalue weighted by molar-refractivity contribution is -0.384. The largest absolute Gasteiger partial charge is 0.507 e. The van der Waals surface area contributed by atoms with Gasteiger partial charge in [-0.15, -0.1) is 0 Å². The number of azo groups is 1. The van der Waals surface area contributed by atoms with Crippen molar-refractivity contribution in [3.05, 3.63) is 87.3 Å². The Labute approximate surface area is 153 Å². The van der Waals surface area contributed by atoms with Gasteiger partial charge >= 0.3 is 0 Å². The average Bonchev–Trinajstić information content (AvgIpc) is 2.68. The van der Waals surface area contributed by atoms with Crippen molar-refractivity contribution in [2.24, 2.45) is 15.3 Å². The van der Waals surface area contributed by atoms with Gasteiger partial charge in [0.25, 0.3) is 5.69 Å². The molecule has 132 valence electrons. The number of aromatic hydroxyl groups is 1. The fourth-order valence-corrected chi connectivity index (χ4v) is 2.44. The van der Waals surface area contributed by atoms with Crippen LogP contribution in [0.3, 0.4) is 0 Å². The zero-order valence-electron chi connectivity index (χ0n) is 13.8. The molecule has 0 saturated heterocycles. The fraction of sp³-hybridized carbons (Fsp3) is 0. The Balaban J connectivity index is 2.15. The number of nitro groups is 1. The van der Waals surface area contributed by atoms with Gasteiger partial charge in [-0.2, -0.15) is 10.2 Å². The molecule has 0 bridgehead atoms. The molecular weight excluding hydrogens is 348 g/mol. The molecule has 3 rings (SSSR count). The van der Waals surface area contributed by atoms with Crippen molar-refractivity contribution >= 4 is 22.7 Å². The fourth-order valence-electron chi connectivity index (χ4n) is 2.44. The maximum Gasteiger partial charge on any atom is 0.270 e. The molecule has 0 heterocycles. The molecule has 0 aliphatic rings. The van der Waals surface area contributed by atoms with E-state index in [1.807, 2.05) is 6.07 Å². The van der Waals surface area contributed by atoms with Crippen LogP contribution in [0.5, 0.6) is 5.75 Å². The molecule has 0 fully saturated rings. The van der Waals surface area contributed by atoms with E-state index in [1.165, 1.54) is 18.2 Å². The normalized spacial score (nSPS) is 10.5. The van der Waals surface area contributed by atoms with E-state index >= 15 is 0 Å². The van der Waals surface area contributed by atoms with Crippen LogP contribution in [0.15, 0.2) is 82.1 Å². The average molecular weight is 360 g/mol. The molecule has 0 atom stereocenters. The van der Waals surface area contributed by atoms with Crippen molar-refractivity contribution in [3.8, 4) is 16.9 Å². The maximum atomic E-state index is 11.0. The number of phenolic OH excluding ortho intramolecular Hbond substituents is 1. The molecule has 27 heavy (non-hydrogen) atoms. The van der Waals surface area contributed by atoms with Gasteiger partial charge in [0.05, 0.1) is 22.0 Å². The van der Waals surface area contributed by atoms with Crippen molar-refractivity contribution in [1.82, 2.24) is 0 Å². The quantitative estimate of drug-likeness (QED) is 0.187. The smallest absolute Gasteiger partial charge is 0.270 e. The molecule has 0 aliphatic carbocycles. The van der Waals surface area contributed by atoms with Crippen LogP contribution in [0.25, 0.3) is 21.6 Å². The van der Waals surface area contributed by atoms with Gasteiger partial charge in [0.15, 0.2) is 0 Å². The third-order valence-electron chi connectivity index (χ3n) is 3.67. The number of phenols is 1. The number of azide groups is 1. The van der Waals surface area contributed by atoms with Gasteiger partial charge in [-0.25, -0.2) is 0 Å². The van der Waals surface area contributed by atoms with E-state index in [9.17, 15) is 15.2 Å². The third-order valence-corrected chi connectivity index (χ3v) is 3.67. The first-order valence-corrected chi connectivity index (χ1v) is 7.73. The van der Waals surface area contributed by atoms with Crippen molar-refractivity contribution in [1.29, 1.82) is 0 Å². The number of hydrogen-bond acceptors (Lipinski definition) is 6. The molecule has 1 N–H and O–H groups in total. The number of nitro benzene ring substituents is 1. The second-order valence-corrected chi connectivity index (χ2v) is 5.36. The first-order chi connectivity index (χ1) is 13.1. The molecule has 9 nitrogen and oxygen atoms in total. The highest BCUT2D eigenvalue weighted by atomic mass is 16.6. The molecule has 0 aliphatic heterocycles. The predicted octanol–water partition coefficient (Wildman–Crippen LogP) is 6.32. The van der Waals surface area contributed by atoms with E-state index in [2.05, 4.69) is 20.3 Å². The summed E-state index contributed by atoms with van der Waals surface area (Å²) in [6, 6.07) is 17.4. The topological polar surface area (TPSA) is 137 Å². The molecule has 9 heteroatoms. The minimum atomic E-state index is -0.574. The lowest BCUT2D eigenvalue weighted by atomic mass is 10.0. The summed E-state index contributed by atoms with van der Waals surface area (Å²) in [5.74, 6) is -0.188. The zero-order chi connectivity index (χ0) is 19.2. The highest BCUT2D eigenvalue weighted by Crippen LogP contribution is 2.43. The van der Waals surface area contributed by atoms with Crippen LogP contribution in [-0.2, 0) is 0 Å². The van der Waals surface area contributed by atoms with E-state index in [4.69, 9.17) is 5.53 Å². The van der Waals surface area contributed by atoms with Crippen molar-refractivity contribution in [2.45, 2.75) is 0 Å². The van der Waals surface area contributed by atoms with E-state index in [1.54, 1.807) is 42.5 Å². The lowest BCUT2D eigenvalue weighted by Gasteiger charge is -2.09. The van der Waals surface area contributed by atoms with Gasteiger partial charge in [0, 0.05) is 22.6 Å². The van der Waals surface area contributed by atoms with Gasteiger partial charge in [-0.3, -0.25) is 10.1 Å². The van der Waals surface area contributed by atoms with Crippen LogP contribution in [0, 0.1) is 10.1 Å². The summed E-state index contributed by atoms with van der Waals surface area (Å²) in [4.78, 5) is 13.3. The Morgan fingerprint density at radius 1 is 0.963 bits per heavy atom. The van der Waals surface area contributed by atoms with Gasteiger partial charge in [-0.1, -0.05) is 35.4 Å². The highest BCUT2D eigenvalue weighted by Gasteiger charge is 2.16. The van der Waals surface area contributed by atoms with Gasteiger partial charge < -0.3 is 5.11 Å². The van der Waals surface area contributed by atoms with E-state index in [0.717, 1.165) is 0 Å². The molecule has 0 radical (unpaired) electrons. The number of hydrogen-bond donors (Lipinski definition) is 1. The summed E-state index contributed by atoms with van der Waals surface area (Å²) < 4.78 is 0. The zero-order valence-corrected chi connectivity index (χ0v) is 13.8. The van der Waals surface area contributed by atoms with E-state index < -0.39 is 4.92 Å². The number of nitrogens with zero attached hydrogens (tertiary/aromatic N) is 6. The molecule has 3 aromatic carbocycles. The summed E-state index contributed by atoms with van der Waals surface area (Å²) >= 11 is 0. The van der Waals surface area contributed by atoms with Crippen LogP contribution in [-0.4, -0.2) is 10.0 Å². The Hall–Kier alpha value is -4.23. The molecule has 0 unspecified atom stereocenters. The second-order valence-electron chi connectivity index (χ2n) is 5.36. The molecule has 0 saturated carbocycles. The van der Waals surface area contributed by atoms with Gasteiger partial charge in [0.1, 0.15) is 5.75 Å². The monoisotopic (exact) mass is 360 g/mol. The number of benzene rings is 3. The van der Waals surface area contributed by atoms with Gasteiger partial charge in [-0.05, 0) is 35.4 Å². The minimum absolute atomic E-state index is 0.107. The first kappa shape index (κ1) is 17.6. The SMILES string of the molecule is [N-]=[N+]=Nc1c(N=Nc2ccccc2)cccc1-c1cc([N+](=O)[O-])ccc1O.